The van der Waals surface area contributed by atoms with E-state index in [9.17, 15) is 9.59 Å². The molecule has 0 aromatic rings. The average Bonchev–Trinajstić information content (AvgIpc) is 2.97. The SMILES string of the molecule is COC1CC(C(=O)O)N(C(=O)C2CCCS2)C1. The maximum absolute atomic E-state index is 12.2. The van der Waals surface area contributed by atoms with Crippen molar-refractivity contribution in [3.8, 4) is 0 Å². The molecule has 0 radical (unpaired) electrons. The van der Waals surface area contributed by atoms with Gasteiger partial charge < -0.3 is 14.7 Å². The van der Waals surface area contributed by atoms with Gasteiger partial charge in [0.1, 0.15) is 6.04 Å². The van der Waals surface area contributed by atoms with E-state index in [2.05, 4.69) is 0 Å². The predicted molar refractivity (Wildman–Crippen MR) is 64.0 cm³/mol. The lowest BCUT2D eigenvalue weighted by Crippen LogP contribution is -2.44. The van der Waals surface area contributed by atoms with Crippen LogP contribution in [0.4, 0.5) is 0 Å². The van der Waals surface area contributed by atoms with Gasteiger partial charge in [-0.25, -0.2) is 4.79 Å². The highest BCUT2D eigenvalue weighted by Gasteiger charge is 2.42. The van der Waals surface area contributed by atoms with E-state index >= 15 is 0 Å². The summed E-state index contributed by atoms with van der Waals surface area (Å²) in [5, 5.41) is 9.08. The van der Waals surface area contributed by atoms with Crippen LogP contribution in [0.25, 0.3) is 0 Å². The Balaban J connectivity index is 2.06. The summed E-state index contributed by atoms with van der Waals surface area (Å²) < 4.78 is 5.17. The number of hydrogen-bond acceptors (Lipinski definition) is 4. The lowest BCUT2D eigenvalue weighted by molar-refractivity contribution is -0.148. The Morgan fingerprint density at radius 1 is 1.47 bits per heavy atom. The van der Waals surface area contributed by atoms with Crippen LogP contribution < -0.4 is 0 Å². The lowest BCUT2D eigenvalue weighted by Gasteiger charge is -2.24. The van der Waals surface area contributed by atoms with Crippen LogP contribution in [-0.4, -0.2) is 58.7 Å². The summed E-state index contributed by atoms with van der Waals surface area (Å²) in [6.07, 6.45) is 2.16. The van der Waals surface area contributed by atoms with Crippen LogP contribution in [0.5, 0.6) is 0 Å². The van der Waals surface area contributed by atoms with Crippen molar-refractivity contribution in [1.82, 2.24) is 4.90 Å². The molecular formula is C11H17NO4S. The molecule has 2 heterocycles. The molecule has 6 heteroatoms. The fourth-order valence-electron chi connectivity index (χ4n) is 2.40. The molecule has 2 fully saturated rings. The van der Waals surface area contributed by atoms with Gasteiger partial charge in [0.2, 0.25) is 5.91 Å². The number of carbonyl (C=O) groups is 2. The van der Waals surface area contributed by atoms with E-state index in [1.165, 1.54) is 4.90 Å². The molecule has 0 bridgehead atoms. The molecule has 0 aromatic carbocycles. The third kappa shape index (κ3) is 2.57. The monoisotopic (exact) mass is 259 g/mol. The zero-order valence-electron chi connectivity index (χ0n) is 9.80. The van der Waals surface area contributed by atoms with Crippen molar-refractivity contribution in [3.63, 3.8) is 0 Å². The Morgan fingerprint density at radius 3 is 2.76 bits per heavy atom. The van der Waals surface area contributed by atoms with Gasteiger partial charge in [0.25, 0.3) is 0 Å². The second kappa shape index (κ2) is 5.27. The highest BCUT2D eigenvalue weighted by molar-refractivity contribution is 8.00. The van der Waals surface area contributed by atoms with E-state index in [1.807, 2.05) is 0 Å². The minimum Gasteiger partial charge on any atom is -0.480 e. The van der Waals surface area contributed by atoms with E-state index in [0.29, 0.717) is 13.0 Å². The number of carboxylic acid groups (broad SMARTS) is 1. The van der Waals surface area contributed by atoms with E-state index in [-0.39, 0.29) is 17.3 Å². The first kappa shape index (κ1) is 12.7. The van der Waals surface area contributed by atoms with E-state index < -0.39 is 12.0 Å². The number of amides is 1. The molecule has 1 N–H and O–H groups in total. The van der Waals surface area contributed by atoms with Crippen LogP contribution in [0.2, 0.25) is 0 Å². The number of rotatable bonds is 3. The van der Waals surface area contributed by atoms with Crippen LogP contribution in [0.3, 0.4) is 0 Å². The molecule has 0 spiro atoms. The normalized spacial score (nSPS) is 33.0. The second-order valence-corrected chi connectivity index (χ2v) is 5.75. The van der Waals surface area contributed by atoms with Gasteiger partial charge >= 0.3 is 5.97 Å². The molecule has 0 aliphatic carbocycles. The number of thioether (sulfide) groups is 1. The minimum atomic E-state index is -0.930. The summed E-state index contributed by atoms with van der Waals surface area (Å²) in [6.45, 7) is 0.406. The summed E-state index contributed by atoms with van der Waals surface area (Å²) in [4.78, 5) is 24.8. The van der Waals surface area contributed by atoms with Crippen LogP contribution in [0, 0.1) is 0 Å². The van der Waals surface area contributed by atoms with E-state index in [0.717, 1.165) is 18.6 Å². The number of aliphatic carboxylic acids is 1. The molecule has 1 amide bonds. The van der Waals surface area contributed by atoms with Crippen molar-refractivity contribution >= 4 is 23.6 Å². The summed E-state index contributed by atoms with van der Waals surface area (Å²) in [5.74, 6) is 0.0377. The van der Waals surface area contributed by atoms with Crippen LogP contribution in [0.15, 0.2) is 0 Å². The Bertz CT molecular complexity index is 317. The minimum absolute atomic E-state index is 0.0283. The molecule has 2 aliphatic heterocycles. The van der Waals surface area contributed by atoms with Gasteiger partial charge in [0.15, 0.2) is 0 Å². The maximum atomic E-state index is 12.2. The van der Waals surface area contributed by atoms with Gasteiger partial charge in [-0.15, -0.1) is 11.8 Å². The van der Waals surface area contributed by atoms with Crippen LogP contribution >= 0.6 is 11.8 Å². The molecule has 2 rings (SSSR count). The second-order valence-electron chi connectivity index (χ2n) is 4.44. The average molecular weight is 259 g/mol. The lowest BCUT2D eigenvalue weighted by atomic mass is 10.2. The van der Waals surface area contributed by atoms with Crippen molar-refractivity contribution in [2.24, 2.45) is 0 Å². The van der Waals surface area contributed by atoms with E-state index in [4.69, 9.17) is 9.84 Å². The Hall–Kier alpha value is -0.750. The molecular weight excluding hydrogens is 242 g/mol. The summed E-state index contributed by atoms with van der Waals surface area (Å²) >= 11 is 1.63. The standard InChI is InChI=1S/C11H17NO4S/c1-16-7-5-8(11(14)15)12(6-7)10(13)9-3-2-4-17-9/h7-9H,2-6H2,1H3,(H,14,15). The number of ether oxygens (including phenoxy) is 1. The van der Waals surface area contributed by atoms with Crippen molar-refractivity contribution in [1.29, 1.82) is 0 Å². The topological polar surface area (TPSA) is 66.8 Å². The van der Waals surface area contributed by atoms with Crippen LogP contribution in [0.1, 0.15) is 19.3 Å². The molecule has 0 saturated carbocycles. The van der Waals surface area contributed by atoms with Crippen molar-refractivity contribution in [3.05, 3.63) is 0 Å². The Morgan fingerprint density at radius 2 is 2.24 bits per heavy atom. The number of nitrogens with zero attached hydrogens (tertiary/aromatic N) is 1. The fourth-order valence-corrected chi connectivity index (χ4v) is 3.63. The highest BCUT2D eigenvalue weighted by Crippen LogP contribution is 2.31. The molecule has 17 heavy (non-hydrogen) atoms. The zero-order valence-corrected chi connectivity index (χ0v) is 10.6. The molecule has 2 aliphatic rings. The molecule has 96 valence electrons. The van der Waals surface area contributed by atoms with Gasteiger partial charge in [-0.05, 0) is 18.6 Å². The number of carbonyl (C=O) groups excluding carboxylic acids is 1. The molecule has 3 unspecified atom stereocenters. The first-order valence-electron chi connectivity index (χ1n) is 5.81. The molecule has 0 aromatic heterocycles. The number of carboxylic acids is 1. The van der Waals surface area contributed by atoms with Crippen molar-refractivity contribution in [2.75, 3.05) is 19.4 Å². The molecule has 2 saturated heterocycles. The number of hydrogen-bond donors (Lipinski definition) is 1. The number of likely N-dealkylation sites (tertiary alicyclic amines) is 1. The van der Waals surface area contributed by atoms with E-state index in [1.54, 1.807) is 18.9 Å². The van der Waals surface area contributed by atoms with Crippen molar-refractivity contribution in [2.45, 2.75) is 36.7 Å². The first-order valence-corrected chi connectivity index (χ1v) is 6.86. The van der Waals surface area contributed by atoms with Gasteiger partial charge in [-0.2, -0.15) is 0 Å². The molecule has 5 nitrogen and oxygen atoms in total. The summed E-state index contributed by atoms with van der Waals surface area (Å²) in [5.41, 5.74) is 0. The Kier molecular flexibility index (Phi) is 3.93. The van der Waals surface area contributed by atoms with Gasteiger partial charge in [0, 0.05) is 20.1 Å². The third-order valence-corrected chi connectivity index (χ3v) is 4.73. The third-order valence-electron chi connectivity index (χ3n) is 3.37. The predicted octanol–water partition coefficient (Wildman–Crippen LogP) is 0.583. The van der Waals surface area contributed by atoms with Crippen LogP contribution in [-0.2, 0) is 14.3 Å². The van der Waals surface area contributed by atoms with Gasteiger partial charge in [-0.1, -0.05) is 0 Å². The fraction of sp³-hybridized carbons (Fsp3) is 0.818. The van der Waals surface area contributed by atoms with Gasteiger partial charge in [0.05, 0.1) is 11.4 Å². The molecule has 3 atom stereocenters. The van der Waals surface area contributed by atoms with Gasteiger partial charge in [-0.3, -0.25) is 4.79 Å². The smallest absolute Gasteiger partial charge is 0.326 e. The largest absolute Gasteiger partial charge is 0.480 e. The maximum Gasteiger partial charge on any atom is 0.326 e. The number of methoxy groups -OCH3 is 1. The summed E-state index contributed by atoms with van der Waals surface area (Å²) in [6, 6.07) is -0.714. The zero-order chi connectivity index (χ0) is 12.4. The Labute approximate surface area is 104 Å². The highest BCUT2D eigenvalue weighted by atomic mass is 32.2. The van der Waals surface area contributed by atoms with Crippen molar-refractivity contribution < 1.29 is 19.4 Å². The quantitative estimate of drug-likeness (QED) is 0.803. The first-order chi connectivity index (χ1) is 8.13. The summed E-state index contributed by atoms with van der Waals surface area (Å²) in [7, 11) is 1.56.